The molecule has 0 aliphatic heterocycles. The highest BCUT2D eigenvalue weighted by atomic mass is 16.7. The molecule has 0 bridgehead atoms. The third kappa shape index (κ3) is 3.65. The van der Waals surface area contributed by atoms with Crippen molar-refractivity contribution in [2.45, 2.75) is 39.4 Å². The molecule has 0 aromatic heterocycles. The second-order valence-electron chi connectivity index (χ2n) is 5.88. The van der Waals surface area contributed by atoms with Gasteiger partial charge in [-0.1, -0.05) is 56.7 Å². The van der Waals surface area contributed by atoms with E-state index in [9.17, 15) is 0 Å². The molecule has 0 spiro atoms. The molecule has 0 aliphatic carbocycles. The van der Waals surface area contributed by atoms with Crippen LogP contribution in [0.15, 0.2) is 54.6 Å². The van der Waals surface area contributed by atoms with Crippen molar-refractivity contribution in [3.63, 3.8) is 0 Å². The second-order valence-corrected chi connectivity index (χ2v) is 5.88. The third-order valence-corrected chi connectivity index (χ3v) is 4.00. The van der Waals surface area contributed by atoms with E-state index in [1.54, 1.807) is 0 Å². The number of ether oxygens (including phenoxy) is 2. The van der Waals surface area contributed by atoms with Gasteiger partial charge in [-0.2, -0.15) is 0 Å². The van der Waals surface area contributed by atoms with Crippen LogP contribution in [0.25, 0.3) is 21.5 Å². The van der Waals surface area contributed by atoms with E-state index in [4.69, 9.17) is 9.47 Å². The Labute approximate surface area is 138 Å². The normalized spacial score (nSPS) is 12.6. The maximum atomic E-state index is 6.20. The summed E-state index contributed by atoms with van der Waals surface area (Å²) in [4.78, 5) is 0. The Balaban J connectivity index is 1.97. The number of benzene rings is 3. The largest absolute Gasteiger partial charge is 0.464 e. The van der Waals surface area contributed by atoms with Gasteiger partial charge in [-0.05, 0) is 40.8 Å². The van der Waals surface area contributed by atoms with E-state index in [2.05, 4.69) is 62.4 Å². The molecule has 1 atom stereocenters. The molecule has 0 amide bonds. The molecule has 0 radical (unpaired) electrons. The Morgan fingerprint density at radius 1 is 0.826 bits per heavy atom. The Hall–Kier alpha value is -2.06. The molecule has 3 aromatic rings. The number of hydrogen-bond acceptors (Lipinski definition) is 2. The molecule has 0 fully saturated rings. The lowest BCUT2D eigenvalue weighted by atomic mass is 10.0. The summed E-state index contributed by atoms with van der Waals surface area (Å²) in [5.74, 6) is 0.905. The second kappa shape index (κ2) is 7.47. The molecule has 0 aliphatic rings. The molecule has 2 nitrogen and oxygen atoms in total. The number of rotatable bonds is 7. The van der Waals surface area contributed by atoms with E-state index in [1.165, 1.54) is 16.2 Å². The van der Waals surface area contributed by atoms with Crippen LogP contribution in [-0.4, -0.2) is 12.9 Å². The van der Waals surface area contributed by atoms with E-state index in [0.29, 0.717) is 0 Å². The zero-order valence-electron chi connectivity index (χ0n) is 13.9. The van der Waals surface area contributed by atoms with Crippen LogP contribution in [0, 0.1) is 0 Å². The highest BCUT2D eigenvalue weighted by molar-refractivity contribution is 6.00. The van der Waals surface area contributed by atoms with Gasteiger partial charge >= 0.3 is 0 Å². The van der Waals surface area contributed by atoms with Gasteiger partial charge in [0.05, 0.1) is 6.61 Å². The highest BCUT2D eigenvalue weighted by Crippen LogP contribution is 2.31. The van der Waals surface area contributed by atoms with Gasteiger partial charge in [-0.25, -0.2) is 0 Å². The lowest BCUT2D eigenvalue weighted by Gasteiger charge is -2.20. The molecule has 0 heterocycles. The van der Waals surface area contributed by atoms with Crippen molar-refractivity contribution in [2.75, 3.05) is 6.61 Å². The Morgan fingerprint density at radius 2 is 1.57 bits per heavy atom. The van der Waals surface area contributed by atoms with Crippen molar-refractivity contribution in [2.24, 2.45) is 0 Å². The molecule has 3 aromatic carbocycles. The van der Waals surface area contributed by atoms with Crippen LogP contribution in [0.3, 0.4) is 0 Å². The average molecular weight is 308 g/mol. The fourth-order valence-electron chi connectivity index (χ4n) is 2.84. The first-order valence-corrected chi connectivity index (χ1v) is 8.51. The van der Waals surface area contributed by atoms with Crippen LogP contribution in [0.5, 0.6) is 5.75 Å². The summed E-state index contributed by atoms with van der Waals surface area (Å²) < 4.78 is 12.0. The van der Waals surface area contributed by atoms with Gasteiger partial charge in [0, 0.05) is 11.8 Å². The van der Waals surface area contributed by atoms with Crippen molar-refractivity contribution in [3.8, 4) is 5.75 Å². The lowest BCUT2D eigenvalue weighted by molar-refractivity contribution is -0.0836. The molecule has 3 rings (SSSR count). The van der Waals surface area contributed by atoms with Gasteiger partial charge in [0.25, 0.3) is 0 Å². The fraction of sp³-hybridized carbons (Fsp3) is 0.333. The van der Waals surface area contributed by atoms with E-state index < -0.39 is 0 Å². The van der Waals surface area contributed by atoms with Gasteiger partial charge < -0.3 is 9.47 Å². The summed E-state index contributed by atoms with van der Waals surface area (Å²) in [7, 11) is 0. The van der Waals surface area contributed by atoms with E-state index in [0.717, 1.165) is 37.0 Å². The van der Waals surface area contributed by atoms with Crippen LogP contribution in [-0.2, 0) is 4.74 Å². The molecule has 1 unspecified atom stereocenters. The molecule has 2 heteroatoms. The minimum atomic E-state index is -0.169. The lowest BCUT2D eigenvalue weighted by Crippen LogP contribution is -2.21. The van der Waals surface area contributed by atoms with Gasteiger partial charge in [0.1, 0.15) is 5.75 Å². The zero-order chi connectivity index (χ0) is 16.1. The van der Waals surface area contributed by atoms with Crippen LogP contribution in [0.4, 0.5) is 0 Å². The first-order chi connectivity index (χ1) is 11.3. The first kappa shape index (κ1) is 15.8. The van der Waals surface area contributed by atoms with Crippen LogP contribution < -0.4 is 4.74 Å². The Bertz CT molecular complexity index is 779. The van der Waals surface area contributed by atoms with Crippen molar-refractivity contribution < 1.29 is 9.47 Å². The molecular weight excluding hydrogens is 284 g/mol. The van der Waals surface area contributed by atoms with Crippen LogP contribution in [0.2, 0.25) is 0 Å². The summed E-state index contributed by atoms with van der Waals surface area (Å²) in [6.45, 7) is 5.01. The quantitative estimate of drug-likeness (QED) is 0.398. The summed E-state index contributed by atoms with van der Waals surface area (Å²) in [5.41, 5.74) is 0. The monoisotopic (exact) mass is 308 g/mol. The van der Waals surface area contributed by atoms with Gasteiger partial charge in [0.2, 0.25) is 0 Å². The Morgan fingerprint density at radius 3 is 2.30 bits per heavy atom. The first-order valence-electron chi connectivity index (χ1n) is 8.51. The average Bonchev–Trinajstić information content (AvgIpc) is 2.58. The number of hydrogen-bond donors (Lipinski definition) is 0. The van der Waals surface area contributed by atoms with Crippen molar-refractivity contribution in [1.82, 2.24) is 0 Å². The smallest absolute Gasteiger partial charge is 0.199 e. The summed E-state index contributed by atoms with van der Waals surface area (Å²) in [5, 5.41) is 4.83. The minimum absolute atomic E-state index is 0.169. The highest BCUT2D eigenvalue weighted by Gasteiger charge is 2.12. The predicted molar refractivity (Wildman–Crippen MR) is 97.0 cm³/mol. The molecule has 0 N–H and O–H groups in total. The molecule has 23 heavy (non-hydrogen) atoms. The van der Waals surface area contributed by atoms with E-state index in [1.807, 2.05) is 6.07 Å². The van der Waals surface area contributed by atoms with Crippen molar-refractivity contribution >= 4 is 21.5 Å². The van der Waals surface area contributed by atoms with Crippen molar-refractivity contribution in [3.05, 3.63) is 54.6 Å². The third-order valence-electron chi connectivity index (χ3n) is 4.00. The van der Waals surface area contributed by atoms with Gasteiger partial charge in [-0.15, -0.1) is 0 Å². The van der Waals surface area contributed by atoms with Gasteiger partial charge in [0.15, 0.2) is 6.29 Å². The topological polar surface area (TPSA) is 18.5 Å². The maximum Gasteiger partial charge on any atom is 0.199 e. The SMILES string of the molecule is CCCOC(CCC)Oc1cccc2cc3ccccc3cc12. The van der Waals surface area contributed by atoms with Gasteiger partial charge in [-0.3, -0.25) is 0 Å². The summed E-state index contributed by atoms with van der Waals surface area (Å²) in [6, 6.07) is 19.1. The van der Waals surface area contributed by atoms with E-state index >= 15 is 0 Å². The zero-order valence-corrected chi connectivity index (χ0v) is 13.9. The van der Waals surface area contributed by atoms with E-state index in [-0.39, 0.29) is 6.29 Å². The fourth-order valence-corrected chi connectivity index (χ4v) is 2.84. The number of fused-ring (bicyclic) bond motifs is 2. The predicted octanol–water partition coefficient (Wildman–Crippen LogP) is 5.92. The summed E-state index contributed by atoms with van der Waals surface area (Å²) >= 11 is 0. The molecule has 120 valence electrons. The molecule has 0 saturated heterocycles. The van der Waals surface area contributed by atoms with Crippen LogP contribution in [0.1, 0.15) is 33.1 Å². The summed E-state index contributed by atoms with van der Waals surface area (Å²) in [6.07, 6.45) is 2.78. The maximum absolute atomic E-state index is 6.20. The molecule has 0 saturated carbocycles. The van der Waals surface area contributed by atoms with Crippen LogP contribution >= 0.6 is 0 Å². The van der Waals surface area contributed by atoms with Crippen molar-refractivity contribution in [1.29, 1.82) is 0 Å². The standard InChI is InChI=1S/C21H24O2/c1-3-8-21(22-13-4-2)23-20-12-7-11-18-14-16-9-5-6-10-17(16)15-19(18)20/h5-7,9-12,14-15,21H,3-4,8,13H2,1-2H3. The Kier molecular flexibility index (Phi) is 5.14. The minimum Gasteiger partial charge on any atom is -0.464 e. The molecular formula is C21H24O2.